The number of nitrogens with zero attached hydrogens (tertiary/aromatic N) is 1. The first-order valence-corrected chi connectivity index (χ1v) is 6.80. The van der Waals surface area contributed by atoms with Gasteiger partial charge in [-0.15, -0.1) is 0 Å². The van der Waals surface area contributed by atoms with E-state index in [2.05, 4.69) is 16.7 Å². The Bertz CT molecular complexity index is 453. The quantitative estimate of drug-likeness (QED) is 0.872. The van der Waals surface area contributed by atoms with Crippen LogP contribution in [0.3, 0.4) is 0 Å². The molecule has 1 fully saturated rings. The molecular weight excluding hydrogens is 238 g/mol. The second-order valence-corrected chi connectivity index (χ2v) is 4.88. The highest BCUT2D eigenvalue weighted by Crippen LogP contribution is 2.13. The topological polar surface area (TPSA) is 64.9 Å². The maximum atomic E-state index is 12.1. The molecule has 100 valence electrons. The molecule has 1 aromatic rings. The minimum absolute atomic E-state index is 0.0370. The molecule has 0 aliphatic carbocycles. The van der Waals surface area contributed by atoms with Gasteiger partial charge in [0.05, 0.1) is 18.5 Å². The fourth-order valence-corrected chi connectivity index (χ4v) is 2.28. The summed E-state index contributed by atoms with van der Waals surface area (Å²) in [7, 11) is 0. The minimum Gasteiger partial charge on any atom is -0.325 e. The molecule has 1 saturated heterocycles. The average molecular weight is 257 g/mol. The Kier molecular flexibility index (Phi) is 4.93. The van der Waals surface area contributed by atoms with Gasteiger partial charge in [0.1, 0.15) is 0 Å². The van der Waals surface area contributed by atoms with Crippen LogP contribution < -0.4 is 10.6 Å². The van der Waals surface area contributed by atoms with Gasteiger partial charge in [-0.1, -0.05) is 25.0 Å². The Morgan fingerprint density at radius 1 is 1.32 bits per heavy atom. The predicted molar refractivity (Wildman–Crippen MR) is 74.6 cm³/mol. The molecule has 1 aromatic carbocycles. The van der Waals surface area contributed by atoms with E-state index in [1.807, 2.05) is 24.3 Å². The lowest BCUT2D eigenvalue weighted by atomic mass is 10.1. The van der Waals surface area contributed by atoms with Crippen LogP contribution in [-0.2, 0) is 11.2 Å². The van der Waals surface area contributed by atoms with Crippen molar-refractivity contribution in [2.24, 2.45) is 0 Å². The Labute approximate surface area is 113 Å². The number of anilines is 1. The van der Waals surface area contributed by atoms with Crippen molar-refractivity contribution in [2.45, 2.75) is 38.1 Å². The first kappa shape index (κ1) is 13.6. The number of carbonyl (C=O) groups is 1. The molecule has 1 aliphatic rings. The van der Waals surface area contributed by atoms with Crippen molar-refractivity contribution in [1.82, 2.24) is 5.32 Å². The summed E-state index contributed by atoms with van der Waals surface area (Å²) in [6, 6.07) is 9.47. The third-order valence-corrected chi connectivity index (χ3v) is 3.38. The Balaban J connectivity index is 1.92. The number of benzene rings is 1. The minimum atomic E-state index is -0.0821. The molecule has 0 radical (unpaired) electrons. The van der Waals surface area contributed by atoms with Crippen LogP contribution in [0.5, 0.6) is 0 Å². The van der Waals surface area contributed by atoms with E-state index in [-0.39, 0.29) is 11.9 Å². The van der Waals surface area contributed by atoms with Crippen molar-refractivity contribution in [3.8, 4) is 6.07 Å². The Hall–Kier alpha value is -1.86. The van der Waals surface area contributed by atoms with Crippen LogP contribution in [0.25, 0.3) is 0 Å². The smallest absolute Gasteiger partial charge is 0.241 e. The fourth-order valence-electron chi connectivity index (χ4n) is 2.28. The SMILES string of the molecule is N#CCc1ccc(NC(=O)C2CCCCCN2)cc1. The molecule has 1 heterocycles. The van der Waals surface area contributed by atoms with Gasteiger partial charge >= 0.3 is 0 Å². The number of rotatable bonds is 3. The monoisotopic (exact) mass is 257 g/mol. The van der Waals surface area contributed by atoms with E-state index in [0.717, 1.165) is 37.1 Å². The maximum Gasteiger partial charge on any atom is 0.241 e. The van der Waals surface area contributed by atoms with E-state index in [0.29, 0.717) is 6.42 Å². The van der Waals surface area contributed by atoms with Crippen LogP contribution >= 0.6 is 0 Å². The average Bonchev–Trinajstić information content (AvgIpc) is 2.70. The van der Waals surface area contributed by atoms with Gasteiger partial charge in [-0.3, -0.25) is 4.79 Å². The lowest BCUT2D eigenvalue weighted by Gasteiger charge is -2.15. The highest BCUT2D eigenvalue weighted by Gasteiger charge is 2.19. The van der Waals surface area contributed by atoms with E-state index >= 15 is 0 Å². The zero-order valence-corrected chi connectivity index (χ0v) is 11.0. The van der Waals surface area contributed by atoms with E-state index in [1.165, 1.54) is 6.42 Å². The first-order chi connectivity index (χ1) is 9.29. The standard InChI is InChI=1S/C15H19N3O/c16-10-9-12-5-7-13(8-6-12)18-15(19)14-4-2-1-3-11-17-14/h5-8,14,17H,1-4,9,11H2,(H,18,19). The molecule has 1 atom stereocenters. The van der Waals surface area contributed by atoms with Crippen LogP contribution in [0.15, 0.2) is 24.3 Å². The van der Waals surface area contributed by atoms with E-state index in [4.69, 9.17) is 5.26 Å². The summed E-state index contributed by atoms with van der Waals surface area (Å²) in [5.41, 5.74) is 1.76. The molecule has 1 unspecified atom stereocenters. The first-order valence-electron chi connectivity index (χ1n) is 6.80. The number of carbonyl (C=O) groups excluding carboxylic acids is 1. The summed E-state index contributed by atoms with van der Waals surface area (Å²) >= 11 is 0. The molecule has 1 amide bonds. The van der Waals surface area contributed by atoms with Crippen LogP contribution in [-0.4, -0.2) is 18.5 Å². The molecular formula is C15H19N3O. The molecule has 0 saturated carbocycles. The normalized spacial score (nSPS) is 19.2. The second kappa shape index (κ2) is 6.91. The molecule has 2 N–H and O–H groups in total. The van der Waals surface area contributed by atoms with Gasteiger partial charge in [0, 0.05) is 5.69 Å². The van der Waals surface area contributed by atoms with Gasteiger partial charge in [0.15, 0.2) is 0 Å². The highest BCUT2D eigenvalue weighted by atomic mass is 16.2. The number of hydrogen-bond donors (Lipinski definition) is 2. The van der Waals surface area contributed by atoms with E-state index in [9.17, 15) is 4.79 Å². The van der Waals surface area contributed by atoms with Crippen molar-refractivity contribution in [2.75, 3.05) is 11.9 Å². The summed E-state index contributed by atoms with van der Waals surface area (Å²) < 4.78 is 0. The summed E-state index contributed by atoms with van der Waals surface area (Å²) in [5.74, 6) is 0.0370. The van der Waals surface area contributed by atoms with Crippen LogP contribution in [0.2, 0.25) is 0 Å². The lowest BCUT2D eigenvalue weighted by Crippen LogP contribution is -2.39. The van der Waals surface area contributed by atoms with Gasteiger partial charge in [0.2, 0.25) is 5.91 Å². The van der Waals surface area contributed by atoms with Crippen LogP contribution in [0.1, 0.15) is 31.2 Å². The molecule has 2 rings (SSSR count). The van der Waals surface area contributed by atoms with Crippen molar-refractivity contribution in [3.63, 3.8) is 0 Å². The number of amides is 1. The Morgan fingerprint density at radius 3 is 2.84 bits per heavy atom. The van der Waals surface area contributed by atoms with Gasteiger partial charge in [-0.2, -0.15) is 5.26 Å². The highest BCUT2D eigenvalue weighted by molar-refractivity contribution is 5.94. The summed E-state index contributed by atoms with van der Waals surface area (Å²) in [6.07, 6.45) is 4.75. The third kappa shape index (κ3) is 4.08. The van der Waals surface area contributed by atoms with E-state index in [1.54, 1.807) is 0 Å². The van der Waals surface area contributed by atoms with Gasteiger partial charge in [-0.25, -0.2) is 0 Å². The zero-order valence-electron chi connectivity index (χ0n) is 11.0. The van der Waals surface area contributed by atoms with Gasteiger partial charge in [0.25, 0.3) is 0 Å². The van der Waals surface area contributed by atoms with Gasteiger partial charge < -0.3 is 10.6 Å². The second-order valence-electron chi connectivity index (χ2n) is 4.88. The molecule has 4 heteroatoms. The maximum absolute atomic E-state index is 12.1. The summed E-state index contributed by atoms with van der Waals surface area (Å²) in [6.45, 7) is 0.916. The third-order valence-electron chi connectivity index (χ3n) is 3.38. The van der Waals surface area contributed by atoms with Crippen molar-refractivity contribution >= 4 is 11.6 Å². The number of nitriles is 1. The molecule has 0 spiro atoms. The van der Waals surface area contributed by atoms with Crippen molar-refractivity contribution in [3.05, 3.63) is 29.8 Å². The Morgan fingerprint density at radius 2 is 2.11 bits per heavy atom. The summed E-state index contributed by atoms with van der Waals surface area (Å²) in [5, 5.41) is 14.8. The zero-order chi connectivity index (χ0) is 13.5. The summed E-state index contributed by atoms with van der Waals surface area (Å²) in [4.78, 5) is 12.1. The lowest BCUT2D eigenvalue weighted by molar-refractivity contribution is -0.118. The largest absolute Gasteiger partial charge is 0.325 e. The molecule has 1 aliphatic heterocycles. The van der Waals surface area contributed by atoms with Crippen LogP contribution in [0.4, 0.5) is 5.69 Å². The van der Waals surface area contributed by atoms with Crippen LogP contribution in [0, 0.1) is 11.3 Å². The molecule has 0 bridgehead atoms. The van der Waals surface area contributed by atoms with Crippen molar-refractivity contribution < 1.29 is 4.79 Å². The molecule has 4 nitrogen and oxygen atoms in total. The van der Waals surface area contributed by atoms with E-state index < -0.39 is 0 Å². The molecule has 0 aromatic heterocycles. The van der Waals surface area contributed by atoms with Gasteiger partial charge in [-0.05, 0) is 37.1 Å². The predicted octanol–water partition coefficient (Wildman–Crippen LogP) is 2.22. The number of nitrogens with one attached hydrogen (secondary N) is 2. The molecule has 19 heavy (non-hydrogen) atoms. The number of hydrogen-bond acceptors (Lipinski definition) is 3. The van der Waals surface area contributed by atoms with Crippen molar-refractivity contribution in [1.29, 1.82) is 5.26 Å². The fraction of sp³-hybridized carbons (Fsp3) is 0.467.